The highest BCUT2D eigenvalue weighted by Crippen LogP contribution is 2.40. The van der Waals surface area contributed by atoms with Crippen molar-refractivity contribution < 1.29 is 5.11 Å². The van der Waals surface area contributed by atoms with Crippen molar-refractivity contribution in [3.8, 4) is 0 Å². The van der Waals surface area contributed by atoms with Crippen LogP contribution in [-0.2, 0) is 0 Å². The van der Waals surface area contributed by atoms with Crippen LogP contribution in [0.2, 0.25) is 0 Å². The van der Waals surface area contributed by atoms with Crippen LogP contribution in [0.4, 0.5) is 0 Å². The normalized spacial score (nSPS) is 28.3. The van der Waals surface area contributed by atoms with E-state index in [9.17, 15) is 5.11 Å². The van der Waals surface area contributed by atoms with Crippen molar-refractivity contribution in [3.63, 3.8) is 0 Å². The van der Waals surface area contributed by atoms with Gasteiger partial charge in [-0.15, -0.1) is 0 Å². The molecular weight excluding hydrogens is 314 g/mol. The minimum Gasteiger partial charge on any atom is -0.396 e. The number of halogens is 1. The lowest BCUT2D eigenvalue weighted by atomic mass is 9.75. The van der Waals surface area contributed by atoms with Crippen molar-refractivity contribution in [2.24, 2.45) is 5.41 Å². The molecule has 3 heteroatoms. The lowest BCUT2D eigenvalue weighted by Crippen LogP contribution is -2.46. The number of nitrogens with one attached hydrogen (secondary N) is 1. The van der Waals surface area contributed by atoms with Gasteiger partial charge in [-0.1, -0.05) is 40.9 Å². The average molecular weight is 338 g/mol. The summed E-state index contributed by atoms with van der Waals surface area (Å²) in [4.78, 5) is 0. The zero-order chi connectivity index (χ0) is 14.0. The predicted molar refractivity (Wildman–Crippen MR) is 85.9 cm³/mol. The van der Waals surface area contributed by atoms with Gasteiger partial charge in [0.05, 0.1) is 0 Å². The molecule has 2 N–H and O–H groups in total. The number of aliphatic hydroxyl groups excluding tert-OH is 1. The first-order chi connectivity index (χ1) is 9.71. The fourth-order valence-corrected chi connectivity index (χ4v) is 3.93. The molecule has 0 aliphatic heterocycles. The van der Waals surface area contributed by atoms with Crippen LogP contribution >= 0.6 is 15.9 Å². The second-order valence-corrected chi connectivity index (χ2v) is 7.58. The van der Waals surface area contributed by atoms with Crippen LogP contribution in [0.3, 0.4) is 0 Å². The van der Waals surface area contributed by atoms with E-state index < -0.39 is 0 Å². The van der Waals surface area contributed by atoms with Gasteiger partial charge in [0.1, 0.15) is 0 Å². The smallest absolute Gasteiger partial charge is 0.0499 e. The second-order valence-electron chi connectivity index (χ2n) is 6.66. The summed E-state index contributed by atoms with van der Waals surface area (Å²) in [5, 5.41) is 13.3. The molecule has 0 saturated heterocycles. The molecule has 2 aliphatic rings. The van der Waals surface area contributed by atoms with Gasteiger partial charge in [-0.3, -0.25) is 0 Å². The maximum atomic E-state index is 9.63. The highest BCUT2D eigenvalue weighted by molar-refractivity contribution is 9.10. The van der Waals surface area contributed by atoms with Crippen LogP contribution in [0.1, 0.15) is 50.0 Å². The molecule has 0 spiro atoms. The van der Waals surface area contributed by atoms with Gasteiger partial charge in [-0.2, -0.15) is 0 Å². The standard InChI is InChI=1S/C17H24BrNO/c18-15-5-3-13(4-6-15)14-9-16(10-14)19-11-17(12-20)7-1-2-8-17/h3-6,14,16,19-20H,1-2,7-12H2. The molecule has 0 heterocycles. The van der Waals surface area contributed by atoms with Gasteiger partial charge in [-0.25, -0.2) is 0 Å². The largest absolute Gasteiger partial charge is 0.396 e. The van der Waals surface area contributed by atoms with Crippen molar-refractivity contribution in [3.05, 3.63) is 34.3 Å². The molecule has 3 rings (SSSR count). The maximum Gasteiger partial charge on any atom is 0.0499 e. The van der Waals surface area contributed by atoms with Crippen LogP contribution in [-0.4, -0.2) is 24.3 Å². The third-order valence-corrected chi connectivity index (χ3v) is 5.77. The van der Waals surface area contributed by atoms with Crippen molar-refractivity contribution in [1.29, 1.82) is 0 Å². The molecular formula is C17H24BrNO. The van der Waals surface area contributed by atoms with Crippen molar-refractivity contribution >= 4 is 15.9 Å². The zero-order valence-corrected chi connectivity index (χ0v) is 13.5. The Hall–Kier alpha value is -0.380. The first kappa shape index (κ1) is 14.6. The fourth-order valence-electron chi connectivity index (χ4n) is 3.67. The molecule has 20 heavy (non-hydrogen) atoms. The van der Waals surface area contributed by atoms with E-state index >= 15 is 0 Å². The number of benzene rings is 1. The Morgan fingerprint density at radius 2 is 1.80 bits per heavy atom. The van der Waals surface area contributed by atoms with Gasteiger partial charge in [0.15, 0.2) is 0 Å². The van der Waals surface area contributed by atoms with Crippen LogP contribution in [0.25, 0.3) is 0 Å². The van der Waals surface area contributed by atoms with E-state index in [2.05, 4.69) is 45.5 Å². The van der Waals surface area contributed by atoms with E-state index in [1.54, 1.807) is 0 Å². The third-order valence-electron chi connectivity index (χ3n) is 5.24. The molecule has 0 atom stereocenters. The molecule has 2 fully saturated rings. The highest BCUT2D eigenvalue weighted by Gasteiger charge is 2.36. The average Bonchev–Trinajstić information content (AvgIpc) is 2.88. The monoisotopic (exact) mass is 337 g/mol. The van der Waals surface area contributed by atoms with Crippen LogP contribution in [0.5, 0.6) is 0 Å². The van der Waals surface area contributed by atoms with E-state index in [1.807, 2.05) is 0 Å². The second kappa shape index (κ2) is 6.17. The van der Waals surface area contributed by atoms with E-state index in [0.717, 1.165) is 11.0 Å². The predicted octanol–water partition coefficient (Wildman–Crippen LogP) is 3.84. The van der Waals surface area contributed by atoms with E-state index in [-0.39, 0.29) is 5.41 Å². The van der Waals surface area contributed by atoms with Gasteiger partial charge in [0, 0.05) is 29.1 Å². The number of hydrogen-bond acceptors (Lipinski definition) is 2. The van der Waals surface area contributed by atoms with E-state index in [1.165, 1.54) is 44.1 Å². The van der Waals surface area contributed by atoms with Gasteiger partial charge < -0.3 is 10.4 Å². The molecule has 0 aromatic heterocycles. The molecule has 2 nitrogen and oxygen atoms in total. The van der Waals surface area contributed by atoms with Gasteiger partial charge in [0.25, 0.3) is 0 Å². The van der Waals surface area contributed by atoms with Gasteiger partial charge >= 0.3 is 0 Å². The number of hydrogen-bond donors (Lipinski definition) is 2. The maximum absolute atomic E-state index is 9.63. The Morgan fingerprint density at radius 1 is 1.15 bits per heavy atom. The minimum atomic E-state index is 0.183. The summed E-state index contributed by atoms with van der Waals surface area (Å²) in [6, 6.07) is 9.38. The Kier molecular flexibility index (Phi) is 4.49. The number of rotatable bonds is 5. The number of aliphatic hydroxyl groups is 1. The zero-order valence-electron chi connectivity index (χ0n) is 11.9. The van der Waals surface area contributed by atoms with Crippen LogP contribution in [0.15, 0.2) is 28.7 Å². The molecule has 110 valence electrons. The van der Waals surface area contributed by atoms with Crippen LogP contribution < -0.4 is 5.32 Å². The molecule has 0 radical (unpaired) electrons. The Bertz CT molecular complexity index is 433. The topological polar surface area (TPSA) is 32.3 Å². The molecule has 2 aliphatic carbocycles. The summed E-state index contributed by atoms with van der Waals surface area (Å²) in [5.74, 6) is 0.717. The highest BCUT2D eigenvalue weighted by atomic mass is 79.9. The minimum absolute atomic E-state index is 0.183. The summed E-state index contributed by atoms with van der Waals surface area (Å²) >= 11 is 3.49. The van der Waals surface area contributed by atoms with Crippen LogP contribution in [0, 0.1) is 5.41 Å². The van der Waals surface area contributed by atoms with E-state index in [0.29, 0.717) is 18.6 Å². The Labute approximate surface area is 130 Å². The first-order valence-corrected chi connectivity index (χ1v) is 8.60. The van der Waals surface area contributed by atoms with Gasteiger partial charge in [-0.05, 0) is 49.3 Å². The molecule has 0 unspecified atom stereocenters. The fraction of sp³-hybridized carbons (Fsp3) is 0.647. The molecule has 1 aromatic rings. The lowest BCUT2D eigenvalue weighted by Gasteiger charge is -2.39. The van der Waals surface area contributed by atoms with Gasteiger partial charge in [0.2, 0.25) is 0 Å². The SMILES string of the molecule is OCC1(CNC2CC(c3ccc(Br)cc3)C2)CCCC1. The molecule has 1 aromatic carbocycles. The Morgan fingerprint density at radius 3 is 2.40 bits per heavy atom. The summed E-state index contributed by atoms with van der Waals surface area (Å²) in [6.45, 7) is 1.35. The summed E-state index contributed by atoms with van der Waals surface area (Å²) in [6.07, 6.45) is 7.44. The Balaban J connectivity index is 1.45. The quantitative estimate of drug-likeness (QED) is 0.855. The molecule has 0 bridgehead atoms. The summed E-state index contributed by atoms with van der Waals surface area (Å²) in [5.41, 5.74) is 1.65. The summed E-state index contributed by atoms with van der Waals surface area (Å²) < 4.78 is 1.15. The summed E-state index contributed by atoms with van der Waals surface area (Å²) in [7, 11) is 0. The van der Waals surface area contributed by atoms with Crippen molar-refractivity contribution in [2.45, 2.75) is 50.5 Å². The molecule has 0 amide bonds. The first-order valence-electron chi connectivity index (χ1n) is 7.80. The lowest BCUT2D eigenvalue weighted by molar-refractivity contribution is 0.117. The van der Waals surface area contributed by atoms with Crippen molar-refractivity contribution in [1.82, 2.24) is 5.32 Å². The molecule has 2 saturated carbocycles. The van der Waals surface area contributed by atoms with Crippen molar-refractivity contribution in [2.75, 3.05) is 13.2 Å². The van der Waals surface area contributed by atoms with E-state index in [4.69, 9.17) is 0 Å². The third kappa shape index (κ3) is 3.10.